The van der Waals surface area contributed by atoms with Gasteiger partial charge in [0.1, 0.15) is 5.52 Å². The van der Waals surface area contributed by atoms with Gasteiger partial charge in [-0.05, 0) is 43.2 Å². The van der Waals surface area contributed by atoms with Gasteiger partial charge in [-0.1, -0.05) is 0 Å². The van der Waals surface area contributed by atoms with Gasteiger partial charge in [-0.15, -0.1) is 11.3 Å². The molecule has 0 aliphatic carbocycles. The lowest BCUT2D eigenvalue weighted by Gasteiger charge is -2.10. The summed E-state index contributed by atoms with van der Waals surface area (Å²) in [6.45, 7) is 3.90. The summed E-state index contributed by atoms with van der Waals surface area (Å²) in [6.07, 6.45) is 6.74. The molecule has 0 atom stereocenters. The van der Waals surface area contributed by atoms with E-state index in [9.17, 15) is 4.79 Å². The molecule has 26 heavy (non-hydrogen) atoms. The molecule has 0 fully saturated rings. The van der Waals surface area contributed by atoms with Crippen molar-refractivity contribution >= 4 is 33.4 Å². The van der Waals surface area contributed by atoms with Crippen molar-refractivity contribution in [3.05, 3.63) is 65.2 Å². The van der Waals surface area contributed by atoms with Gasteiger partial charge < -0.3 is 0 Å². The summed E-state index contributed by atoms with van der Waals surface area (Å²) in [5, 5.41) is 5.30. The van der Waals surface area contributed by atoms with Gasteiger partial charge in [0.2, 0.25) is 0 Å². The van der Waals surface area contributed by atoms with Gasteiger partial charge in [0, 0.05) is 35.7 Å². The van der Waals surface area contributed by atoms with Crippen molar-refractivity contribution in [1.82, 2.24) is 19.9 Å². The average Bonchev–Trinajstić information content (AvgIpc) is 3.06. The monoisotopic (exact) mass is 361 g/mol. The Balaban J connectivity index is 1.84. The Morgan fingerprint density at radius 2 is 1.96 bits per heavy atom. The van der Waals surface area contributed by atoms with E-state index >= 15 is 0 Å². The number of hydrogen-bond acceptors (Lipinski definition) is 6. The molecular weight excluding hydrogens is 346 g/mol. The third-order valence-corrected chi connectivity index (χ3v) is 4.88. The van der Waals surface area contributed by atoms with Crippen molar-refractivity contribution in [2.24, 2.45) is 0 Å². The number of aryl methyl sites for hydroxylation is 2. The van der Waals surface area contributed by atoms with Crippen LogP contribution in [0.4, 0.5) is 5.13 Å². The van der Waals surface area contributed by atoms with Gasteiger partial charge in [0.15, 0.2) is 5.13 Å². The molecule has 7 heteroatoms. The van der Waals surface area contributed by atoms with Crippen molar-refractivity contribution in [3.8, 4) is 11.1 Å². The number of aromatic nitrogens is 4. The van der Waals surface area contributed by atoms with Crippen LogP contribution in [-0.4, -0.2) is 25.8 Å². The van der Waals surface area contributed by atoms with E-state index in [1.165, 1.54) is 11.3 Å². The minimum atomic E-state index is -0.256. The molecule has 0 spiro atoms. The number of carbonyl (C=O) groups excluding carboxylic acids is 1. The Morgan fingerprint density at radius 3 is 2.73 bits per heavy atom. The summed E-state index contributed by atoms with van der Waals surface area (Å²) in [7, 11) is 0. The zero-order chi connectivity index (χ0) is 18.1. The molecule has 0 saturated heterocycles. The summed E-state index contributed by atoms with van der Waals surface area (Å²) in [4.78, 5) is 30.1. The van der Waals surface area contributed by atoms with E-state index in [2.05, 4.69) is 25.3 Å². The van der Waals surface area contributed by atoms with E-state index in [0.29, 0.717) is 21.7 Å². The molecule has 0 aliphatic heterocycles. The number of nitrogens with one attached hydrogen (secondary N) is 1. The molecular formula is C19H15N5OS. The van der Waals surface area contributed by atoms with Gasteiger partial charge in [0.05, 0.1) is 16.8 Å². The van der Waals surface area contributed by atoms with Crippen molar-refractivity contribution < 1.29 is 4.79 Å². The van der Waals surface area contributed by atoms with E-state index in [4.69, 9.17) is 0 Å². The van der Waals surface area contributed by atoms with Gasteiger partial charge in [-0.25, -0.2) is 4.98 Å². The number of anilines is 1. The molecule has 1 aromatic carbocycles. The molecule has 0 bridgehead atoms. The van der Waals surface area contributed by atoms with Crippen molar-refractivity contribution in [3.63, 3.8) is 0 Å². The summed E-state index contributed by atoms with van der Waals surface area (Å²) in [5.74, 6) is -0.256. The molecule has 1 N–H and O–H groups in total. The van der Waals surface area contributed by atoms with Gasteiger partial charge in [-0.3, -0.25) is 25.1 Å². The Kier molecular flexibility index (Phi) is 4.14. The summed E-state index contributed by atoms with van der Waals surface area (Å²) in [6, 6.07) is 5.70. The number of benzene rings is 1. The topological polar surface area (TPSA) is 80.7 Å². The van der Waals surface area contributed by atoms with Crippen LogP contribution in [0.25, 0.3) is 22.2 Å². The highest BCUT2D eigenvalue weighted by Crippen LogP contribution is 2.28. The molecule has 4 aromatic rings. The largest absolute Gasteiger partial charge is 0.298 e. The number of pyridine rings is 1. The lowest BCUT2D eigenvalue weighted by molar-refractivity contribution is 0.102. The predicted octanol–water partition coefficient (Wildman–Crippen LogP) is 4.02. The van der Waals surface area contributed by atoms with Crippen LogP contribution in [0.2, 0.25) is 0 Å². The highest BCUT2D eigenvalue weighted by molar-refractivity contribution is 7.13. The van der Waals surface area contributed by atoms with E-state index in [1.54, 1.807) is 24.8 Å². The second-order valence-corrected chi connectivity index (χ2v) is 6.74. The van der Waals surface area contributed by atoms with Crippen molar-refractivity contribution in [2.45, 2.75) is 13.8 Å². The fourth-order valence-corrected chi connectivity index (χ4v) is 3.43. The SMILES string of the molecule is Cc1csc(NC(=O)c2cc(-c3cnccc3C)cc3nccnc23)n1. The van der Waals surface area contributed by atoms with E-state index in [-0.39, 0.29) is 5.91 Å². The first-order valence-corrected chi connectivity index (χ1v) is 8.89. The summed E-state index contributed by atoms with van der Waals surface area (Å²) >= 11 is 1.39. The Labute approximate surface area is 154 Å². The smallest absolute Gasteiger partial charge is 0.259 e. The second kappa shape index (κ2) is 6.61. The van der Waals surface area contributed by atoms with Crippen LogP contribution >= 0.6 is 11.3 Å². The molecule has 0 unspecified atom stereocenters. The molecule has 3 heterocycles. The number of amides is 1. The van der Waals surface area contributed by atoms with Crippen LogP contribution < -0.4 is 5.32 Å². The lowest BCUT2D eigenvalue weighted by atomic mass is 9.99. The number of rotatable bonds is 3. The minimum absolute atomic E-state index is 0.256. The Hall–Kier alpha value is -3.19. The van der Waals surface area contributed by atoms with Crippen LogP contribution in [0.3, 0.4) is 0 Å². The van der Waals surface area contributed by atoms with Crippen molar-refractivity contribution in [2.75, 3.05) is 5.32 Å². The maximum absolute atomic E-state index is 12.9. The first kappa shape index (κ1) is 16.3. The highest BCUT2D eigenvalue weighted by atomic mass is 32.1. The second-order valence-electron chi connectivity index (χ2n) is 5.89. The maximum atomic E-state index is 12.9. The normalized spacial score (nSPS) is 10.8. The molecule has 0 radical (unpaired) electrons. The molecule has 0 aliphatic rings. The minimum Gasteiger partial charge on any atom is -0.298 e. The quantitative estimate of drug-likeness (QED) is 0.596. The van der Waals surface area contributed by atoms with Gasteiger partial charge in [-0.2, -0.15) is 0 Å². The zero-order valence-corrected chi connectivity index (χ0v) is 15.0. The van der Waals surface area contributed by atoms with E-state index in [1.807, 2.05) is 37.4 Å². The number of fused-ring (bicyclic) bond motifs is 1. The maximum Gasteiger partial charge on any atom is 0.259 e. The van der Waals surface area contributed by atoms with Crippen LogP contribution in [0.1, 0.15) is 21.6 Å². The third-order valence-electron chi connectivity index (χ3n) is 4.01. The number of nitrogens with zero attached hydrogens (tertiary/aromatic N) is 4. The molecule has 1 amide bonds. The fraction of sp³-hybridized carbons (Fsp3) is 0.105. The Morgan fingerprint density at radius 1 is 1.12 bits per heavy atom. The Bertz CT molecular complexity index is 1120. The molecule has 4 rings (SSSR count). The van der Waals surface area contributed by atoms with Crippen LogP contribution in [0, 0.1) is 13.8 Å². The highest BCUT2D eigenvalue weighted by Gasteiger charge is 2.16. The first-order chi connectivity index (χ1) is 12.6. The number of carbonyl (C=O) groups is 1. The number of hydrogen-bond donors (Lipinski definition) is 1. The first-order valence-electron chi connectivity index (χ1n) is 8.01. The summed E-state index contributed by atoms with van der Waals surface area (Å²) in [5.41, 5.74) is 5.46. The zero-order valence-electron chi connectivity index (χ0n) is 14.2. The van der Waals surface area contributed by atoms with Crippen LogP contribution in [-0.2, 0) is 0 Å². The van der Waals surface area contributed by atoms with Crippen LogP contribution in [0.5, 0.6) is 0 Å². The third kappa shape index (κ3) is 3.04. The summed E-state index contributed by atoms with van der Waals surface area (Å²) < 4.78 is 0. The fourth-order valence-electron chi connectivity index (χ4n) is 2.75. The van der Waals surface area contributed by atoms with Gasteiger partial charge in [0.25, 0.3) is 5.91 Å². The van der Waals surface area contributed by atoms with Crippen LogP contribution in [0.15, 0.2) is 48.4 Å². The lowest BCUT2D eigenvalue weighted by Crippen LogP contribution is -2.13. The van der Waals surface area contributed by atoms with Crippen molar-refractivity contribution in [1.29, 1.82) is 0 Å². The molecule has 128 valence electrons. The average molecular weight is 361 g/mol. The predicted molar refractivity (Wildman–Crippen MR) is 102 cm³/mol. The molecule has 0 saturated carbocycles. The number of thiazole rings is 1. The van der Waals surface area contributed by atoms with E-state index < -0.39 is 0 Å². The molecule has 6 nitrogen and oxygen atoms in total. The van der Waals surface area contributed by atoms with E-state index in [0.717, 1.165) is 22.4 Å². The molecule has 3 aromatic heterocycles. The van der Waals surface area contributed by atoms with Gasteiger partial charge >= 0.3 is 0 Å². The standard InChI is InChI=1S/C19H15N5OS/c1-11-3-4-20-9-15(11)13-7-14(17-16(8-13)21-5-6-22-17)18(25)24-19-23-12(2)10-26-19/h3-10H,1-2H3,(H,23,24,25).